The van der Waals surface area contributed by atoms with Gasteiger partial charge in [0, 0.05) is 12.3 Å². The highest BCUT2D eigenvalue weighted by Gasteiger charge is 2.31. The highest BCUT2D eigenvalue weighted by Crippen LogP contribution is 2.46. The Morgan fingerprint density at radius 1 is 0.893 bits per heavy atom. The molecule has 0 saturated heterocycles. The van der Waals surface area contributed by atoms with E-state index >= 15 is 0 Å². The molecule has 3 heterocycles. The van der Waals surface area contributed by atoms with Crippen molar-refractivity contribution in [2.75, 3.05) is 0 Å². The summed E-state index contributed by atoms with van der Waals surface area (Å²) in [7, 11) is 0. The van der Waals surface area contributed by atoms with Crippen LogP contribution in [0.3, 0.4) is 0 Å². The van der Waals surface area contributed by atoms with Crippen LogP contribution in [0.4, 0.5) is 0 Å². The van der Waals surface area contributed by atoms with Crippen LogP contribution in [0.25, 0.3) is 27.8 Å². The standard InChI is InChI=1S/C23H16N4O/c1-14-13-20-26(19-11-6-12-24-21(19)23(28)27(20)25-14)22-17-9-4-2-7-15(17)16-8-3-5-10-18(16)22/h2-13,22H,1H3. The molecule has 0 saturated carbocycles. The Kier molecular flexibility index (Phi) is 2.95. The molecule has 1 aliphatic rings. The molecule has 0 radical (unpaired) electrons. The molecule has 28 heavy (non-hydrogen) atoms. The molecule has 0 fully saturated rings. The van der Waals surface area contributed by atoms with Gasteiger partial charge in [-0.15, -0.1) is 0 Å². The van der Waals surface area contributed by atoms with E-state index in [-0.39, 0.29) is 11.6 Å². The van der Waals surface area contributed by atoms with E-state index in [1.54, 1.807) is 6.20 Å². The lowest BCUT2D eigenvalue weighted by atomic mass is 10.0. The van der Waals surface area contributed by atoms with E-state index in [1.165, 1.54) is 26.8 Å². The summed E-state index contributed by atoms with van der Waals surface area (Å²) < 4.78 is 3.68. The lowest BCUT2D eigenvalue weighted by Gasteiger charge is -2.21. The summed E-state index contributed by atoms with van der Waals surface area (Å²) in [6.45, 7) is 1.91. The van der Waals surface area contributed by atoms with Crippen LogP contribution in [0.5, 0.6) is 0 Å². The van der Waals surface area contributed by atoms with Gasteiger partial charge in [0.05, 0.1) is 17.3 Å². The van der Waals surface area contributed by atoms with Gasteiger partial charge in [-0.05, 0) is 41.3 Å². The van der Waals surface area contributed by atoms with Crippen LogP contribution >= 0.6 is 0 Å². The monoisotopic (exact) mass is 364 g/mol. The minimum atomic E-state index is -0.186. The second kappa shape index (κ2) is 5.39. The van der Waals surface area contributed by atoms with Crippen LogP contribution < -0.4 is 5.56 Å². The fourth-order valence-electron chi connectivity index (χ4n) is 4.47. The van der Waals surface area contributed by atoms with Gasteiger partial charge in [-0.1, -0.05) is 48.5 Å². The van der Waals surface area contributed by atoms with Crippen molar-refractivity contribution in [1.82, 2.24) is 19.2 Å². The molecule has 0 bridgehead atoms. The fraction of sp³-hybridized carbons (Fsp3) is 0.0870. The number of rotatable bonds is 1. The predicted octanol–water partition coefficient (Wildman–Crippen LogP) is 3.97. The molecule has 0 unspecified atom stereocenters. The van der Waals surface area contributed by atoms with E-state index in [9.17, 15) is 4.79 Å². The van der Waals surface area contributed by atoms with Gasteiger partial charge < -0.3 is 4.57 Å². The van der Waals surface area contributed by atoms with E-state index in [2.05, 4.69) is 63.2 Å². The van der Waals surface area contributed by atoms with Gasteiger partial charge in [0.15, 0.2) is 5.52 Å². The van der Waals surface area contributed by atoms with Crippen molar-refractivity contribution >= 4 is 16.7 Å². The van der Waals surface area contributed by atoms with Crippen LogP contribution in [-0.2, 0) is 0 Å². The molecule has 0 N–H and O–H groups in total. The number of nitrogens with zero attached hydrogens (tertiary/aromatic N) is 4. The third kappa shape index (κ3) is 1.88. The Hall–Kier alpha value is -3.73. The lowest BCUT2D eigenvalue weighted by Crippen LogP contribution is -2.23. The van der Waals surface area contributed by atoms with Crippen LogP contribution in [0, 0.1) is 6.92 Å². The first-order valence-corrected chi connectivity index (χ1v) is 9.28. The molecule has 6 rings (SSSR count). The van der Waals surface area contributed by atoms with Crippen molar-refractivity contribution in [3.8, 4) is 11.1 Å². The Balaban J connectivity index is 1.83. The highest BCUT2D eigenvalue weighted by atomic mass is 16.1. The molecule has 2 aromatic carbocycles. The number of hydrogen-bond donors (Lipinski definition) is 0. The average molecular weight is 364 g/mol. The topological polar surface area (TPSA) is 52.2 Å². The summed E-state index contributed by atoms with van der Waals surface area (Å²) in [4.78, 5) is 17.4. The molecule has 0 atom stereocenters. The molecule has 5 heteroatoms. The van der Waals surface area contributed by atoms with Gasteiger partial charge in [0.2, 0.25) is 0 Å². The number of aromatic nitrogens is 4. The molecule has 5 nitrogen and oxygen atoms in total. The van der Waals surface area contributed by atoms with E-state index < -0.39 is 0 Å². The fourth-order valence-corrected chi connectivity index (χ4v) is 4.47. The molecule has 3 aromatic heterocycles. The Bertz CT molecular complexity index is 1420. The van der Waals surface area contributed by atoms with Gasteiger partial charge in [0.25, 0.3) is 0 Å². The number of hydrogen-bond acceptors (Lipinski definition) is 3. The molecule has 1 aliphatic carbocycles. The lowest BCUT2D eigenvalue weighted by molar-refractivity contribution is 0.709. The molecule has 134 valence electrons. The minimum Gasteiger partial charge on any atom is -0.312 e. The van der Waals surface area contributed by atoms with Crippen molar-refractivity contribution in [2.24, 2.45) is 0 Å². The highest BCUT2D eigenvalue weighted by molar-refractivity contribution is 5.83. The summed E-state index contributed by atoms with van der Waals surface area (Å²) >= 11 is 0. The van der Waals surface area contributed by atoms with Crippen molar-refractivity contribution in [2.45, 2.75) is 13.0 Å². The van der Waals surface area contributed by atoms with E-state index in [1.807, 2.05) is 25.1 Å². The minimum absolute atomic E-state index is 0.0432. The van der Waals surface area contributed by atoms with Crippen molar-refractivity contribution in [1.29, 1.82) is 0 Å². The second-order valence-electron chi connectivity index (χ2n) is 7.18. The molecular formula is C23H16N4O. The Morgan fingerprint density at radius 2 is 1.57 bits per heavy atom. The molecule has 0 aliphatic heterocycles. The molecule has 0 spiro atoms. The van der Waals surface area contributed by atoms with Crippen LogP contribution in [0.2, 0.25) is 0 Å². The average Bonchev–Trinajstić information content (AvgIpc) is 3.27. The van der Waals surface area contributed by atoms with Crippen molar-refractivity contribution in [3.05, 3.63) is 100 Å². The van der Waals surface area contributed by atoms with E-state index in [0.717, 1.165) is 16.9 Å². The van der Waals surface area contributed by atoms with Gasteiger partial charge in [-0.25, -0.2) is 4.98 Å². The summed E-state index contributed by atoms with van der Waals surface area (Å²) in [5.74, 6) is 0. The van der Waals surface area contributed by atoms with Crippen LogP contribution in [-0.4, -0.2) is 19.2 Å². The van der Waals surface area contributed by atoms with Gasteiger partial charge in [0.1, 0.15) is 5.65 Å². The first-order chi connectivity index (χ1) is 13.7. The van der Waals surface area contributed by atoms with Crippen molar-refractivity contribution in [3.63, 3.8) is 0 Å². The zero-order valence-corrected chi connectivity index (χ0v) is 15.2. The number of pyridine rings is 1. The maximum Gasteiger partial charge on any atom is 0.300 e. The van der Waals surface area contributed by atoms with Gasteiger partial charge >= 0.3 is 5.56 Å². The summed E-state index contributed by atoms with van der Waals surface area (Å²) in [6, 6.07) is 22.7. The Labute approximate surface area is 160 Å². The molecular weight excluding hydrogens is 348 g/mol. The van der Waals surface area contributed by atoms with E-state index in [0.29, 0.717) is 5.52 Å². The smallest absolute Gasteiger partial charge is 0.300 e. The quantitative estimate of drug-likeness (QED) is 0.444. The number of benzene rings is 2. The zero-order valence-electron chi connectivity index (χ0n) is 15.2. The van der Waals surface area contributed by atoms with E-state index in [4.69, 9.17) is 0 Å². The maximum atomic E-state index is 13.0. The largest absolute Gasteiger partial charge is 0.312 e. The zero-order chi connectivity index (χ0) is 18.8. The van der Waals surface area contributed by atoms with Crippen molar-refractivity contribution < 1.29 is 0 Å². The summed E-state index contributed by atoms with van der Waals surface area (Å²) in [5, 5.41) is 4.45. The van der Waals surface area contributed by atoms with Crippen LogP contribution in [0.15, 0.2) is 77.7 Å². The molecule has 5 aromatic rings. The number of fused-ring (bicyclic) bond motifs is 5. The first-order valence-electron chi connectivity index (χ1n) is 9.28. The van der Waals surface area contributed by atoms with Gasteiger partial charge in [-0.2, -0.15) is 9.61 Å². The normalized spacial score (nSPS) is 13.2. The second-order valence-corrected chi connectivity index (χ2v) is 7.18. The Morgan fingerprint density at radius 3 is 2.29 bits per heavy atom. The van der Waals surface area contributed by atoms with Crippen LogP contribution in [0.1, 0.15) is 22.9 Å². The maximum absolute atomic E-state index is 13.0. The predicted molar refractivity (Wildman–Crippen MR) is 109 cm³/mol. The first kappa shape index (κ1) is 15.3. The third-order valence-electron chi connectivity index (χ3n) is 5.56. The van der Waals surface area contributed by atoms with Gasteiger partial charge in [-0.3, -0.25) is 4.79 Å². The summed E-state index contributed by atoms with van der Waals surface area (Å²) in [6.07, 6.45) is 1.66. The SMILES string of the molecule is Cc1cc2n(C3c4ccccc4-c4ccccc43)c3cccnc3c(=O)n2n1. The summed E-state index contributed by atoms with van der Waals surface area (Å²) in [5.41, 5.74) is 7.55. The third-order valence-corrected chi connectivity index (χ3v) is 5.56. The molecule has 0 amide bonds. The number of aryl methyl sites for hydroxylation is 1.